The Kier molecular flexibility index (Phi) is 1.83. The first-order valence-electron chi connectivity index (χ1n) is 2.80. The zero-order chi connectivity index (χ0) is 5.98. The summed E-state index contributed by atoms with van der Waals surface area (Å²) in [6.07, 6.45) is 0.0774. The zero-order valence-corrected chi connectivity index (χ0v) is 4.96. The molecule has 0 aromatic rings. The van der Waals surface area contributed by atoms with Crippen LogP contribution in [0.15, 0.2) is 0 Å². The fraction of sp³-hybridized carbons (Fsp3) is 1.00. The predicted octanol–water partition coefficient (Wildman–Crippen LogP) is -0.294. The monoisotopic (exact) mass is 117 g/mol. The highest BCUT2D eigenvalue weighted by Gasteiger charge is 2.19. The van der Waals surface area contributed by atoms with Crippen molar-refractivity contribution in [2.75, 3.05) is 13.2 Å². The summed E-state index contributed by atoms with van der Waals surface area (Å²) in [5.74, 6) is 0. The number of nitrogens with two attached hydrogens (primary N) is 1. The maximum absolute atomic E-state index is 5.25. The second-order valence-electron chi connectivity index (χ2n) is 1.95. The molecule has 0 radical (unpaired) electrons. The molecule has 1 aliphatic heterocycles. The van der Waals surface area contributed by atoms with E-state index in [4.69, 9.17) is 15.2 Å². The molecule has 0 aliphatic carbocycles. The van der Waals surface area contributed by atoms with Gasteiger partial charge >= 0.3 is 0 Å². The van der Waals surface area contributed by atoms with E-state index in [1.165, 1.54) is 0 Å². The van der Waals surface area contributed by atoms with Gasteiger partial charge in [-0.3, -0.25) is 0 Å². The summed E-state index contributed by atoms with van der Waals surface area (Å²) in [4.78, 5) is 0. The van der Waals surface area contributed by atoms with Crippen LogP contribution in [0.4, 0.5) is 0 Å². The lowest BCUT2D eigenvalue weighted by Crippen LogP contribution is -2.20. The molecule has 1 saturated heterocycles. The maximum atomic E-state index is 5.25. The molecule has 1 rings (SSSR count). The first-order chi connectivity index (χ1) is 3.83. The number of hydrogen-bond donors (Lipinski definition) is 1. The van der Waals surface area contributed by atoms with Gasteiger partial charge in [-0.25, -0.2) is 0 Å². The van der Waals surface area contributed by atoms with Crippen LogP contribution in [-0.4, -0.2) is 25.5 Å². The van der Waals surface area contributed by atoms with Crippen LogP contribution in [0.2, 0.25) is 0 Å². The fourth-order valence-corrected chi connectivity index (χ4v) is 0.704. The Labute approximate surface area is 48.8 Å². The highest BCUT2D eigenvalue weighted by Crippen LogP contribution is 2.08. The fourth-order valence-electron chi connectivity index (χ4n) is 0.704. The van der Waals surface area contributed by atoms with Crippen molar-refractivity contribution < 1.29 is 9.47 Å². The van der Waals surface area contributed by atoms with Crippen molar-refractivity contribution in [1.29, 1.82) is 0 Å². The summed E-state index contributed by atoms with van der Waals surface area (Å²) in [5, 5.41) is 0. The summed E-state index contributed by atoms with van der Waals surface area (Å²) in [6.45, 7) is 3.11. The van der Waals surface area contributed by atoms with Crippen LogP contribution in [0, 0.1) is 0 Å². The standard InChI is InChI=1S/C5H11NO2/c1-4-3-7-5(2-6)8-4/h4-5H,2-3,6H2,1H3. The Balaban J connectivity index is 2.22. The van der Waals surface area contributed by atoms with Crippen LogP contribution < -0.4 is 5.73 Å². The molecule has 0 saturated carbocycles. The zero-order valence-electron chi connectivity index (χ0n) is 4.96. The van der Waals surface area contributed by atoms with Gasteiger partial charge in [-0.05, 0) is 6.92 Å². The van der Waals surface area contributed by atoms with E-state index in [0.29, 0.717) is 13.2 Å². The molecule has 0 aromatic heterocycles. The molecule has 0 bridgehead atoms. The van der Waals surface area contributed by atoms with Crippen LogP contribution in [0.1, 0.15) is 6.92 Å². The molecule has 48 valence electrons. The lowest BCUT2D eigenvalue weighted by Gasteiger charge is -2.03. The van der Waals surface area contributed by atoms with Crippen molar-refractivity contribution in [3.05, 3.63) is 0 Å². The Morgan fingerprint density at radius 1 is 1.75 bits per heavy atom. The minimum absolute atomic E-state index is 0.148. The van der Waals surface area contributed by atoms with Crippen LogP contribution in [0.25, 0.3) is 0 Å². The van der Waals surface area contributed by atoms with E-state index in [9.17, 15) is 0 Å². The molecule has 2 N–H and O–H groups in total. The van der Waals surface area contributed by atoms with Crippen molar-refractivity contribution >= 4 is 0 Å². The molecular formula is C5H11NO2. The Hall–Kier alpha value is -0.120. The quantitative estimate of drug-likeness (QED) is 0.513. The molecule has 0 amide bonds. The van der Waals surface area contributed by atoms with Crippen molar-refractivity contribution in [2.24, 2.45) is 5.73 Å². The van der Waals surface area contributed by atoms with Gasteiger partial charge in [0.15, 0.2) is 6.29 Å². The molecule has 3 nitrogen and oxygen atoms in total. The van der Waals surface area contributed by atoms with E-state index in [0.717, 1.165) is 0 Å². The molecule has 1 aliphatic rings. The van der Waals surface area contributed by atoms with Gasteiger partial charge in [0.05, 0.1) is 12.7 Å². The van der Waals surface area contributed by atoms with Crippen LogP contribution in [-0.2, 0) is 9.47 Å². The lowest BCUT2D eigenvalue weighted by atomic mass is 10.5. The molecule has 0 spiro atoms. The first kappa shape index (κ1) is 6.01. The average molecular weight is 117 g/mol. The normalized spacial score (nSPS) is 38.2. The smallest absolute Gasteiger partial charge is 0.170 e. The SMILES string of the molecule is CC1COC(CN)O1. The number of rotatable bonds is 1. The molecule has 3 heteroatoms. The Bertz CT molecular complexity index is 76.8. The third kappa shape index (κ3) is 1.18. The number of ether oxygens (including phenoxy) is 2. The number of hydrogen-bond acceptors (Lipinski definition) is 3. The first-order valence-corrected chi connectivity index (χ1v) is 2.80. The Morgan fingerprint density at radius 2 is 2.50 bits per heavy atom. The van der Waals surface area contributed by atoms with Crippen molar-refractivity contribution in [2.45, 2.75) is 19.3 Å². The van der Waals surface area contributed by atoms with E-state index in [1.807, 2.05) is 6.92 Å². The van der Waals surface area contributed by atoms with E-state index < -0.39 is 0 Å². The summed E-state index contributed by atoms with van der Waals surface area (Å²) in [6, 6.07) is 0. The molecule has 0 aromatic carbocycles. The van der Waals surface area contributed by atoms with E-state index in [2.05, 4.69) is 0 Å². The van der Waals surface area contributed by atoms with Gasteiger partial charge < -0.3 is 15.2 Å². The van der Waals surface area contributed by atoms with E-state index in [-0.39, 0.29) is 12.4 Å². The lowest BCUT2D eigenvalue weighted by molar-refractivity contribution is -0.0461. The molecule has 2 atom stereocenters. The molecule has 8 heavy (non-hydrogen) atoms. The van der Waals surface area contributed by atoms with Gasteiger partial charge in [0.2, 0.25) is 0 Å². The molecule has 1 heterocycles. The second-order valence-corrected chi connectivity index (χ2v) is 1.95. The second kappa shape index (κ2) is 2.44. The van der Waals surface area contributed by atoms with Gasteiger partial charge in [0, 0.05) is 6.54 Å². The van der Waals surface area contributed by atoms with Gasteiger partial charge in [0.1, 0.15) is 0 Å². The van der Waals surface area contributed by atoms with Crippen molar-refractivity contribution in [1.82, 2.24) is 0 Å². The Morgan fingerprint density at radius 3 is 2.75 bits per heavy atom. The molecule has 1 fully saturated rings. The van der Waals surface area contributed by atoms with E-state index >= 15 is 0 Å². The van der Waals surface area contributed by atoms with Gasteiger partial charge in [-0.2, -0.15) is 0 Å². The van der Waals surface area contributed by atoms with Crippen molar-refractivity contribution in [3.8, 4) is 0 Å². The van der Waals surface area contributed by atoms with Crippen LogP contribution in [0.3, 0.4) is 0 Å². The summed E-state index contributed by atoms with van der Waals surface area (Å²) >= 11 is 0. The van der Waals surface area contributed by atoms with Crippen LogP contribution >= 0.6 is 0 Å². The minimum Gasteiger partial charge on any atom is -0.349 e. The molecule has 2 unspecified atom stereocenters. The van der Waals surface area contributed by atoms with Gasteiger partial charge in [0.25, 0.3) is 0 Å². The largest absolute Gasteiger partial charge is 0.349 e. The van der Waals surface area contributed by atoms with Crippen molar-refractivity contribution in [3.63, 3.8) is 0 Å². The van der Waals surface area contributed by atoms with Gasteiger partial charge in [-0.15, -0.1) is 0 Å². The average Bonchev–Trinajstić information content (AvgIpc) is 2.14. The third-order valence-electron chi connectivity index (χ3n) is 1.09. The van der Waals surface area contributed by atoms with Crippen LogP contribution in [0.5, 0.6) is 0 Å². The third-order valence-corrected chi connectivity index (χ3v) is 1.09. The maximum Gasteiger partial charge on any atom is 0.170 e. The minimum atomic E-state index is -0.148. The highest BCUT2D eigenvalue weighted by atomic mass is 16.7. The molecular weight excluding hydrogens is 106 g/mol. The summed E-state index contributed by atoms with van der Waals surface area (Å²) in [7, 11) is 0. The topological polar surface area (TPSA) is 44.5 Å². The summed E-state index contributed by atoms with van der Waals surface area (Å²) < 4.78 is 10.2. The van der Waals surface area contributed by atoms with Gasteiger partial charge in [-0.1, -0.05) is 0 Å². The predicted molar refractivity (Wildman–Crippen MR) is 29.3 cm³/mol. The highest BCUT2D eigenvalue weighted by molar-refractivity contribution is 4.59. The summed E-state index contributed by atoms with van der Waals surface area (Å²) in [5.41, 5.74) is 5.25. The van der Waals surface area contributed by atoms with E-state index in [1.54, 1.807) is 0 Å².